The van der Waals surface area contributed by atoms with Gasteiger partial charge in [-0.3, -0.25) is 4.79 Å². The van der Waals surface area contributed by atoms with Crippen LogP contribution in [0.1, 0.15) is 43.9 Å². The van der Waals surface area contributed by atoms with Crippen LogP contribution >= 0.6 is 0 Å². The molecular weight excluding hydrogens is 342 g/mol. The number of para-hydroxylation sites is 2. The third-order valence-electron chi connectivity index (χ3n) is 6.02. The molecule has 4 rings (SSSR count). The largest absolute Gasteiger partial charge is 0.336 e. The van der Waals surface area contributed by atoms with Crippen molar-refractivity contribution in [3.8, 4) is 0 Å². The maximum absolute atomic E-state index is 13.0. The number of hydrogen-bond acceptors (Lipinski definition) is 1. The minimum Gasteiger partial charge on any atom is -0.336 e. The molecule has 0 N–H and O–H groups in total. The number of pyridine rings is 1. The summed E-state index contributed by atoms with van der Waals surface area (Å²) in [6, 6.07) is 22.8. The highest BCUT2D eigenvalue weighted by Crippen LogP contribution is 2.29. The third kappa shape index (κ3) is 3.13. The van der Waals surface area contributed by atoms with Crippen LogP contribution in [0.2, 0.25) is 0 Å². The molecule has 0 saturated heterocycles. The van der Waals surface area contributed by atoms with Gasteiger partial charge in [-0.2, -0.15) is 0 Å². The normalized spacial score (nSPS) is 12.0. The molecule has 0 saturated carbocycles. The van der Waals surface area contributed by atoms with E-state index < -0.39 is 0 Å². The van der Waals surface area contributed by atoms with Gasteiger partial charge in [0.15, 0.2) is 5.43 Å². The van der Waals surface area contributed by atoms with E-state index in [-0.39, 0.29) is 10.8 Å². The predicted molar refractivity (Wildman–Crippen MR) is 119 cm³/mol. The molecule has 0 aliphatic heterocycles. The number of aryl methyl sites for hydroxylation is 1. The van der Waals surface area contributed by atoms with Crippen LogP contribution in [-0.4, -0.2) is 4.57 Å². The molecule has 142 valence electrons. The van der Waals surface area contributed by atoms with E-state index >= 15 is 0 Å². The standard InChI is InChI=1S/C26H27NO/c1-5-26(3,4)20-15-18(2)14-19(16-20)17-27-23-12-8-6-10-21(23)25(28)22-11-7-9-13-24(22)27/h6-16H,5,17H2,1-4H3. The van der Waals surface area contributed by atoms with Crippen molar-refractivity contribution in [1.29, 1.82) is 0 Å². The van der Waals surface area contributed by atoms with Crippen molar-refractivity contribution in [1.82, 2.24) is 4.57 Å². The Morgan fingerprint density at radius 3 is 2.00 bits per heavy atom. The zero-order valence-corrected chi connectivity index (χ0v) is 17.1. The minimum absolute atomic E-state index is 0.111. The SMILES string of the molecule is CCC(C)(C)c1cc(C)cc(Cn2c3ccccc3c(=O)c3ccccc32)c1. The van der Waals surface area contributed by atoms with Gasteiger partial charge in [0.05, 0.1) is 11.0 Å². The molecule has 0 bridgehead atoms. The molecule has 4 aromatic rings. The van der Waals surface area contributed by atoms with Crippen LogP contribution in [0.25, 0.3) is 21.8 Å². The summed E-state index contributed by atoms with van der Waals surface area (Å²) in [6.45, 7) is 9.76. The molecule has 0 fully saturated rings. The summed E-state index contributed by atoms with van der Waals surface area (Å²) in [5, 5.41) is 1.56. The number of rotatable bonds is 4. The summed E-state index contributed by atoms with van der Waals surface area (Å²) in [7, 11) is 0. The summed E-state index contributed by atoms with van der Waals surface area (Å²) in [5.74, 6) is 0. The Balaban J connectivity index is 1.96. The van der Waals surface area contributed by atoms with Gasteiger partial charge >= 0.3 is 0 Å². The fourth-order valence-electron chi connectivity index (χ4n) is 3.98. The molecule has 0 spiro atoms. The maximum Gasteiger partial charge on any atom is 0.197 e. The monoisotopic (exact) mass is 369 g/mol. The Kier molecular flexibility index (Phi) is 4.58. The number of aromatic nitrogens is 1. The van der Waals surface area contributed by atoms with E-state index in [9.17, 15) is 4.79 Å². The van der Waals surface area contributed by atoms with Crippen LogP contribution < -0.4 is 5.43 Å². The van der Waals surface area contributed by atoms with Crippen LogP contribution in [0.15, 0.2) is 71.5 Å². The van der Waals surface area contributed by atoms with Gasteiger partial charge in [-0.05, 0) is 54.2 Å². The van der Waals surface area contributed by atoms with Crippen molar-refractivity contribution < 1.29 is 0 Å². The van der Waals surface area contributed by atoms with Crippen molar-refractivity contribution in [2.75, 3.05) is 0 Å². The number of fused-ring (bicyclic) bond motifs is 2. The van der Waals surface area contributed by atoms with Gasteiger partial charge in [0.25, 0.3) is 0 Å². The lowest BCUT2D eigenvalue weighted by Gasteiger charge is -2.25. The molecule has 0 radical (unpaired) electrons. The lowest BCUT2D eigenvalue weighted by Crippen LogP contribution is -2.17. The van der Waals surface area contributed by atoms with Crippen molar-refractivity contribution >= 4 is 21.8 Å². The average molecular weight is 370 g/mol. The van der Waals surface area contributed by atoms with Gasteiger partial charge in [0.2, 0.25) is 0 Å². The molecule has 2 nitrogen and oxygen atoms in total. The van der Waals surface area contributed by atoms with Crippen LogP contribution in [0.4, 0.5) is 0 Å². The van der Waals surface area contributed by atoms with Crippen LogP contribution in [0, 0.1) is 6.92 Å². The second-order valence-electron chi connectivity index (χ2n) is 8.39. The molecule has 0 aliphatic carbocycles. The molecule has 0 amide bonds. The van der Waals surface area contributed by atoms with E-state index in [2.05, 4.69) is 62.6 Å². The smallest absolute Gasteiger partial charge is 0.197 e. The Bertz CT molecular complexity index is 1170. The highest BCUT2D eigenvalue weighted by Gasteiger charge is 2.19. The zero-order chi connectivity index (χ0) is 19.9. The summed E-state index contributed by atoms with van der Waals surface area (Å²) < 4.78 is 2.28. The second-order valence-corrected chi connectivity index (χ2v) is 8.39. The van der Waals surface area contributed by atoms with Crippen LogP contribution in [0.5, 0.6) is 0 Å². The highest BCUT2D eigenvalue weighted by molar-refractivity contribution is 5.93. The first-order valence-corrected chi connectivity index (χ1v) is 10.0. The Hall–Kier alpha value is -2.87. The lowest BCUT2D eigenvalue weighted by atomic mass is 9.81. The van der Waals surface area contributed by atoms with E-state index in [0.29, 0.717) is 0 Å². The molecule has 2 heteroatoms. The highest BCUT2D eigenvalue weighted by atomic mass is 16.1. The first kappa shape index (κ1) is 18.5. The van der Waals surface area contributed by atoms with E-state index in [4.69, 9.17) is 0 Å². The zero-order valence-electron chi connectivity index (χ0n) is 17.1. The van der Waals surface area contributed by atoms with E-state index in [1.807, 2.05) is 36.4 Å². The molecule has 0 aliphatic rings. The van der Waals surface area contributed by atoms with Crippen LogP contribution in [-0.2, 0) is 12.0 Å². The minimum atomic E-state index is 0.111. The summed E-state index contributed by atoms with van der Waals surface area (Å²) in [5.41, 5.74) is 6.17. The molecule has 28 heavy (non-hydrogen) atoms. The van der Waals surface area contributed by atoms with E-state index in [0.717, 1.165) is 34.8 Å². The van der Waals surface area contributed by atoms with Gasteiger partial charge in [-0.25, -0.2) is 0 Å². The maximum atomic E-state index is 13.0. The van der Waals surface area contributed by atoms with Crippen molar-refractivity contribution in [3.63, 3.8) is 0 Å². The van der Waals surface area contributed by atoms with Gasteiger partial charge in [-0.1, -0.05) is 68.8 Å². The summed E-state index contributed by atoms with van der Waals surface area (Å²) in [6.07, 6.45) is 1.10. The molecule has 0 atom stereocenters. The topological polar surface area (TPSA) is 22.0 Å². The molecule has 3 aromatic carbocycles. The van der Waals surface area contributed by atoms with Gasteiger partial charge in [0, 0.05) is 17.3 Å². The number of nitrogens with zero attached hydrogens (tertiary/aromatic N) is 1. The molecule has 1 heterocycles. The summed E-state index contributed by atoms with van der Waals surface area (Å²) in [4.78, 5) is 13.0. The van der Waals surface area contributed by atoms with E-state index in [1.54, 1.807) is 0 Å². The fourth-order valence-corrected chi connectivity index (χ4v) is 3.98. The Morgan fingerprint density at radius 1 is 0.857 bits per heavy atom. The molecule has 0 unspecified atom stereocenters. The Morgan fingerprint density at radius 2 is 1.43 bits per heavy atom. The van der Waals surface area contributed by atoms with Crippen LogP contribution in [0.3, 0.4) is 0 Å². The van der Waals surface area contributed by atoms with Crippen molar-refractivity contribution in [3.05, 3.63) is 93.6 Å². The molecular formula is C26H27NO. The fraction of sp³-hybridized carbons (Fsp3) is 0.269. The second kappa shape index (κ2) is 6.94. The first-order chi connectivity index (χ1) is 13.4. The predicted octanol–water partition coefficient (Wildman–Crippen LogP) is 6.20. The van der Waals surface area contributed by atoms with Gasteiger partial charge in [0.1, 0.15) is 0 Å². The Labute approximate surface area is 166 Å². The number of hydrogen-bond donors (Lipinski definition) is 0. The first-order valence-electron chi connectivity index (χ1n) is 10.0. The van der Waals surface area contributed by atoms with Crippen molar-refractivity contribution in [2.45, 2.75) is 46.1 Å². The lowest BCUT2D eigenvalue weighted by molar-refractivity contribution is 0.505. The third-order valence-corrected chi connectivity index (χ3v) is 6.02. The number of benzene rings is 3. The van der Waals surface area contributed by atoms with Gasteiger partial charge in [-0.15, -0.1) is 0 Å². The average Bonchev–Trinajstić information content (AvgIpc) is 2.70. The van der Waals surface area contributed by atoms with E-state index in [1.165, 1.54) is 16.7 Å². The molecule has 1 aromatic heterocycles. The summed E-state index contributed by atoms with van der Waals surface area (Å²) >= 11 is 0. The quantitative estimate of drug-likeness (QED) is 0.393. The van der Waals surface area contributed by atoms with Crippen molar-refractivity contribution in [2.24, 2.45) is 0 Å². The van der Waals surface area contributed by atoms with Gasteiger partial charge < -0.3 is 4.57 Å².